The normalized spacial score (nSPS) is 15.9. The lowest BCUT2D eigenvalue weighted by Gasteiger charge is -2.40. The van der Waals surface area contributed by atoms with E-state index in [0.29, 0.717) is 23.2 Å². The largest absolute Gasteiger partial charge is 0.354 e. The average molecular weight is 364 g/mol. The molecule has 126 valence electrons. The Morgan fingerprint density at radius 2 is 1.92 bits per heavy atom. The summed E-state index contributed by atoms with van der Waals surface area (Å²) in [5, 5.41) is 0.694. The maximum Gasteiger partial charge on any atom is 0.153 e. The summed E-state index contributed by atoms with van der Waals surface area (Å²) < 4.78 is 0. The van der Waals surface area contributed by atoms with E-state index in [0.717, 1.165) is 13.1 Å². The van der Waals surface area contributed by atoms with E-state index in [1.54, 1.807) is 6.92 Å². The molecule has 0 spiro atoms. The molecule has 0 bridgehead atoms. The van der Waals surface area contributed by atoms with Crippen LogP contribution in [0.4, 0.5) is 5.82 Å². The zero-order valence-electron chi connectivity index (χ0n) is 13.7. The molecule has 0 amide bonds. The Hall–Kier alpha value is -1.65. The fraction of sp³-hybridized carbons (Fsp3) is 0.389. The Labute approximate surface area is 151 Å². The fourth-order valence-corrected chi connectivity index (χ4v) is 3.41. The van der Waals surface area contributed by atoms with Crippen LogP contribution < -0.4 is 4.90 Å². The third-order valence-electron chi connectivity index (χ3n) is 4.48. The van der Waals surface area contributed by atoms with Crippen LogP contribution in [0.25, 0.3) is 0 Å². The number of Topliss-reactive ketones (excluding diaryl/α,β-unsaturated/α-hetero) is 1. The van der Waals surface area contributed by atoms with Crippen molar-refractivity contribution in [2.45, 2.75) is 32.1 Å². The van der Waals surface area contributed by atoms with E-state index in [9.17, 15) is 4.79 Å². The standard InChI is InChI=1S/C18H19Cl2N3O/c1-11(7-12(2)24)13-3-5-14(6-4-13)15-8-23(9-15)18-16(19)17(20)21-10-22-18/h3-6,10-11,15H,7-9H2,1-2H3/t11-/m1/s1. The lowest BCUT2D eigenvalue weighted by Crippen LogP contribution is -2.45. The summed E-state index contributed by atoms with van der Waals surface area (Å²) in [6, 6.07) is 8.56. The molecule has 0 radical (unpaired) electrons. The van der Waals surface area contributed by atoms with Gasteiger partial charge in [-0.15, -0.1) is 0 Å². The van der Waals surface area contributed by atoms with Crippen molar-refractivity contribution in [3.63, 3.8) is 0 Å². The zero-order valence-corrected chi connectivity index (χ0v) is 15.2. The first-order chi connectivity index (χ1) is 11.5. The molecular formula is C18H19Cl2N3O. The molecule has 6 heteroatoms. The molecule has 0 unspecified atom stereocenters. The first kappa shape index (κ1) is 17.2. The second kappa shape index (κ2) is 7.08. The van der Waals surface area contributed by atoms with Crippen LogP contribution in [-0.2, 0) is 4.79 Å². The Bertz CT molecular complexity index is 742. The highest BCUT2D eigenvalue weighted by Crippen LogP contribution is 2.36. The van der Waals surface area contributed by atoms with Gasteiger partial charge in [-0.1, -0.05) is 54.4 Å². The van der Waals surface area contributed by atoms with Crippen LogP contribution in [-0.4, -0.2) is 28.8 Å². The van der Waals surface area contributed by atoms with Gasteiger partial charge in [-0.05, 0) is 24.0 Å². The van der Waals surface area contributed by atoms with E-state index >= 15 is 0 Å². The number of rotatable bonds is 5. The van der Waals surface area contributed by atoms with Gasteiger partial charge in [-0.3, -0.25) is 0 Å². The summed E-state index contributed by atoms with van der Waals surface area (Å²) in [4.78, 5) is 21.4. The lowest BCUT2D eigenvalue weighted by atomic mass is 9.88. The second-order valence-electron chi connectivity index (χ2n) is 6.38. The molecule has 0 saturated carbocycles. The highest BCUT2D eigenvalue weighted by atomic mass is 35.5. The van der Waals surface area contributed by atoms with Gasteiger partial charge in [0.05, 0.1) is 0 Å². The van der Waals surface area contributed by atoms with E-state index in [1.165, 1.54) is 17.5 Å². The minimum absolute atomic E-state index is 0.224. The molecule has 1 saturated heterocycles. The molecule has 3 rings (SSSR count). The highest BCUT2D eigenvalue weighted by Gasteiger charge is 2.31. The van der Waals surface area contributed by atoms with Crippen LogP contribution in [0.3, 0.4) is 0 Å². The van der Waals surface area contributed by atoms with Crippen molar-refractivity contribution in [1.29, 1.82) is 0 Å². The lowest BCUT2D eigenvalue weighted by molar-refractivity contribution is -0.117. The number of carbonyl (C=O) groups is 1. The van der Waals surface area contributed by atoms with Gasteiger partial charge in [-0.25, -0.2) is 9.97 Å². The van der Waals surface area contributed by atoms with Crippen molar-refractivity contribution in [1.82, 2.24) is 9.97 Å². The van der Waals surface area contributed by atoms with Gasteiger partial charge < -0.3 is 9.69 Å². The molecule has 1 aliphatic heterocycles. The van der Waals surface area contributed by atoms with Crippen LogP contribution in [0.1, 0.15) is 43.2 Å². The molecule has 1 aromatic carbocycles. The van der Waals surface area contributed by atoms with E-state index in [4.69, 9.17) is 23.2 Å². The summed E-state index contributed by atoms with van der Waals surface area (Å²) in [7, 11) is 0. The summed E-state index contributed by atoms with van der Waals surface area (Å²) in [6.07, 6.45) is 2.02. The number of hydrogen-bond donors (Lipinski definition) is 0. The van der Waals surface area contributed by atoms with Crippen LogP contribution in [0, 0.1) is 0 Å². The minimum Gasteiger partial charge on any atom is -0.354 e. The van der Waals surface area contributed by atoms with Crippen molar-refractivity contribution in [2.24, 2.45) is 0 Å². The zero-order chi connectivity index (χ0) is 17.3. The Morgan fingerprint density at radius 1 is 1.25 bits per heavy atom. The highest BCUT2D eigenvalue weighted by molar-refractivity contribution is 6.42. The Morgan fingerprint density at radius 3 is 2.54 bits per heavy atom. The quantitative estimate of drug-likeness (QED) is 0.735. The average Bonchev–Trinajstić information content (AvgIpc) is 2.50. The van der Waals surface area contributed by atoms with Gasteiger partial charge in [0.1, 0.15) is 17.1 Å². The number of ketones is 1. The topological polar surface area (TPSA) is 46.1 Å². The molecule has 24 heavy (non-hydrogen) atoms. The van der Waals surface area contributed by atoms with E-state index in [1.807, 2.05) is 0 Å². The van der Waals surface area contributed by atoms with Crippen molar-refractivity contribution in [2.75, 3.05) is 18.0 Å². The van der Waals surface area contributed by atoms with E-state index < -0.39 is 0 Å². The second-order valence-corrected chi connectivity index (χ2v) is 7.11. The SMILES string of the molecule is CC(=O)C[C@@H](C)c1ccc(C2CN(c3ncnc(Cl)c3Cl)C2)cc1. The third-order valence-corrected chi connectivity index (χ3v) is 5.21. The number of anilines is 1. The first-order valence-corrected chi connectivity index (χ1v) is 8.71. The molecule has 4 nitrogen and oxygen atoms in total. The molecule has 1 aliphatic rings. The number of hydrogen-bond acceptors (Lipinski definition) is 4. The summed E-state index contributed by atoms with van der Waals surface area (Å²) in [6.45, 7) is 5.44. The van der Waals surface area contributed by atoms with Crippen LogP contribution >= 0.6 is 23.2 Å². The monoisotopic (exact) mass is 363 g/mol. The minimum atomic E-state index is 0.224. The fourth-order valence-electron chi connectivity index (χ4n) is 3.07. The van der Waals surface area contributed by atoms with E-state index in [2.05, 4.69) is 46.1 Å². The number of carbonyl (C=O) groups excluding carboxylic acids is 1. The molecular weight excluding hydrogens is 345 g/mol. The predicted molar refractivity (Wildman–Crippen MR) is 97.2 cm³/mol. The molecule has 1 aromatic heterocycles. The summed E-state index contributed by atoms with van der Waals surface area (Å²) in [5.74, 6) is 1.63. The van der Waals surface area contributed by atoms with Gasteiger partial charge in [0.25, 0.3) is 0 Å². The molecule has 1 fully saturated rings. The summed E-state index contributed by atoms with van der Waals surface area (Å²) >= 11 is 12.1. The third kappa shape index (κ3) is 3.55. The number of aromatic nitrogens is 2. The van der Waals surface area contributed by atoms with Gasteiger partial charge in [0.15, 0.2) is 11.0 Å². The number of nitrogens with zero attached hydrogens (tertiary/aromatic N) is 3. The predicted octanol–water partition coefficient (Wildman–Crippen LogP) is 4.47. The van der Waals surface area contributed by atoms with Crippen LogP contribution in [0.2, 0.25) is 10.2 Å². The first-order valence-electron chi connectivity index (χ1n) is 7.96. The smallest absolute Gasteiger partial charge is 0.153 e. The summed E-state index contributed by atoms with van der Waals surface area (Å²) in [5.41, 5.74) is 2.50. The van der Waals surface area contributed by atoms with E-state index in [-0.39, 0.29) is 16.9 Å². The number of halogens is 2. The van der Waals surface area contributed by atoms with Gasteiger partial charge in [0, 0.05) is 25.4 Å². The Balaban J connectivity index is 1.64. The van der Waals surface area contributed by atoms with Crippen molar-refractivity contribution < 1.29 is 4.79 Å². The van der Waals surface area contributed by atoms with Crippen LogP contribution in [0.5, 0.6) is 0 Å². The maximum absolute atomic E-state index is 11.2. The maximum atomic E-state index is 11.2. The van der Waals surface area contributed by atoms with Gasteiger partial charge in [-0.2, -0.15) is 0 Å². The van der Waals surface area contributed by atoms with Crippen molar-refractivity contribution >= 4 is 34.8 Å². The molecule has 1 atom stereocenters. The van der Waals surface area contributed by atoms with Gasteiger partial charge in [0.2, 0.25) is 0 Å². The van der Waals surface area contributed by atoms with Crippen molar-refractivity contribution in [3.05, 3.63) is 51.9 Å². The number of benzene rings is 1. The molecule has 2 heterocycles. The molecule has 0 aliphatic carbocycles. The van der Waals surface area contributed by atoms with Crippen molar-refractivity contribution in [3.8, 4) is 0 Å². The Kier molecular flexibility index (Phi) is 5.07. The van der Waals surface area contributed by atoms with Crippen LogP contribution in [0.15, 0.2) is 30.6 Å². The molecule has 2 aromatic rings. The molecule has 0 N–H and O–H groups in total. The van der Waals surface area contributed by atoms with Gasteiger partial charge >= 0.3 is 0 Å².